The number of nitrogens with one attached hydrogen (secondary N) is 1. The van der Waals surface area contributed by atoms with E-state index in [0.29, 0.717) is 18.0 Å². The molecule has 29 heavy (non-hydrogen) atoms. The number of nitrogens with zero attached hydrogens (tertiary/aromatic N) is 2. The highest BCUT2D eigenvalue weighted by Crippen LogP contribution is 2.20. The Morgan fingerprint density at radius 1 is 1.10 bits per heavy atom. The van der Waals surface area contributed by atoms with Crippen molar-refractivity contribution in [2.45, 2.75) is 20.1 Å². The molecule has 5 nitrogen and oxygen atoms in total. The lowest BCUT2D eigenvalue weighted by Crippen LogP contribution is -2.10. The number of hydrogen-bond donors (Lipinski definition) is 1. The van der Waals surface area contributed by atoms with Crippen molar-refractivity contribution in [3.8, 4) is 5.75 Å². The highest BCUT2D eigenvalue weighted by Gasteiger charge is 2.10. The standard InChI is InChI=1S/C23H21N3O2S/c1-17-5-2-8-21(11-17)28-15-19-13-22(29-16-19)23(27)25-20-7-3-6-18(12-20)14-26-10-4-9-24-26/h2-13,16H,14-15H2,1H3,(H,25,27). The van der Waals surface area contributed by atoms with Crippen molar-refractivity contribution >= 4 is 22.9 Å². The lowest BCUT2D eigenvalue weighted by atomic mass is 10.2. The highest BCUT2D eigenvalue weighted by atomic mass is 32.1. The largest absolute Gasteiger partial charge is 0.489 e. The Morgan fingerprint density at radius 3 is 2.83 bits per heavy atom. The molecule has 0 bridgehead atoms. The first-order valence-corrected chi connectivity index (χ1v) is 10.2. The number of carbonyl (C=O) groups is 1. The van der Waals surface area contributed by atoms with E-state index in [2.05, 4.69) is 10.4 Å². The van der Waals surface area contributed by atoms with Crippen molar-refractivity contribution in [1.82, 2.24) is 9.78 Å². The molecule has 0 aliphatic rings. The number of rotatable bonds is 7. The van der Waals surface area contributed by atoms with Crippen LogP contribution in [0.25, 0.3) is 0 Å². The molecule has 1 N–H and O–H groups in total. The molecule has 0 saturated heterocycles. The Hall–Kier alpha value is -3.38. The molecule has 0 unspecified atom stereocenters. The Labute approximate surface area is 173 Å². The predicted molar refractivity (Wildman–Crippen MR) is 116 cm³/mol. The van der Waals surface area contributed by atoms with Crippen LogP contribution in [0.2, 0.25) is 0 Å². The van der Waals surface area contributed by atoms with Crippen molar-refractivity contribution in [3.63, 3.8) is 0 Å². The van der Waals surface area contributed by atoms with Gasteiger partial charge in [-0.15, -0.1) is 11.3 Å². The summed E-state index contributed by atoms with van der Waals surface area (Å²) in [4.78, 5) is 13.3. The van der Waals surface area contributed by atoms with E-state index in [-0.39, 0.29) is 5.91 Å². The molecule has 146 valence electrons. The molecule has 0 saturated carbocycles. The molecule has 0 atom stereocenters. The van der Waals surface area contributed by atoms with E-state index in [0.717, 1.165) is 28.1 Å². The molecule has 4 rings (SSSR count). The highest BCUT2D eigenvalue weighted by molar-refractivity contribution is 7.12. The van der Waals surface area contributed by atoms with Gasteiger partial charge in [-0.25, -0.2) is 0 Å². The molecule has 1 amide bonds. The van der Waals surface area contributed by atoms with E-state index in [1.807, 2.05) is 83.8 Å². The number of hydrogen-bond acceptors (Lipinski definition) is 4. The molecule has 0 aliphatic heterocycles. The molecule has 2 aromatic heterocycles. The Bertz CT molecular complexity index is 1100. The minimum Gasteiger partial charge on any atom is -0.489 e. The van der Waals surface area contributed by atoms with E-state index in [9.17, 15) is 4.79 Å². The summed E-state index contributed by atoms with van der Waals surface area (Å²) in [6.07, 6.45) is 3.67. The molecule has 0 spiro atoms. The molecular weight excluding hydrogens is 382 g/mol. The lowest BCUT2D eigenvalue weighted by Gasteiger charge is -2.07. The summed E-state index contributed by atoms with van der Waals surface area (Å²) >= 11 is 1.42. The van der Waals surface area contributed by atoms with Gasteiger partial charge >= 0.3 is 0 Å². The number of amides is 1. The maximum Gasteiger partial charge on any atom is 0.265 e. The average Bonchev–Trinajstić information content (AvgIpc) is 3.39. The third-order valence-electron chi connectivity index (χ3n) is 4.36. The van der Waals surface area contributed by atoms with Crippen LogP contribution >= 0.6 is 11.3 Å². The van der Waals surface area contributed by atoms with Gasteiger partial charge in [-0.1, -0.05) is 24.3 Å². The number of ether oxygens (including phenoxy) is 1. The molecule has 2 aromatic carbocycles. The molecule has 0 fully saturated rings. The third kappa shape index (κ3) is 5.12. The lowest BCUT2D eigenvalue weighted by molar-refractivity contribution is 0.103. The predicted octanol–water partition coefficient (Wildman–Crippen LogP) is 5.13. The molecular formula is C23H21N3O2S. The Morgan fingerprint density at radius 2 is 2.00 bits per heavy atom. The Balaban J connectivity index is 1.36. The number of benzene rings is 2. The van der Waals surface area contributed by atoms with Gasteiger partial charge in [-0.2, -0.15) is 5.10 Å². The van der Waals surface area contributed by atoms with Gasteiger partial charge in [0.1, 0.15) is 12.4 Å². The number of thiophene rings is 1. The van der Waals surface area contributed by atoms with Gasteiger partial charge in [0.2, 0.25) is 0 Å². The maximum absolute atomic E-state index is 12.6. The average molecular weight is 404 g/mol. The van der Waals surface area contributed by atoms with Crippen LogP contribution in [0.5, 0.6) is 5.75 Å². The van der Waals surface area contributed by atoms with Crippen molar-refractivity contribution < 1.29 is 9.53 Å². The number of aryl methyl sites for hydroxylation is 1. The zero-order valence-corrected chi connectivity index (χ0v) is 16.9. The zero-order valence-electron chi connectivity index (χ0n) is 16.0. The van der Waals surface area contributed by atoms with Gasteiger partial charge in [-0.05, 0) is 59.8 Å². The first-order valence-electron chi connectivity index (χ1n) is 9.30. The molecule has 2 heterocycles. The second kappa shape index (κ2) is 8.75. The normalized spacial score (nSPS) is 10.7. The molecule has 4 aromatic rings. The van der Waals surface area contributed by atoms with E-state index in [1.54, 1.807) is 6.20 Å². The van der Waals surface area contributed by atoms with Gasteiger partial charge in [0.25, 0.3) is 5.91 Å². The van der Waals surface area contributed by atoms with Gasteiger partial charge < -0.3 is 10.1 Å². The second-order valence-electron chi connectivity index (χ2n) is 6.78. The molecule has 6 heteroatoms. The molecule has 0 aliphatic carbocycles. The van der Waals surface area contributed by atoms with Crippen LogP contribution in [0.15, 0.2) is 78.4 Å². The van der Waals surface area contributed by atoms with Gasteiger partial charge in [0.15, 0.2) is 0 Å². The number of carbonyl (C=O) groups excluding carboxylic acids is 1. The fourth-order valence-corrected chi connectivity index (χ4v) is 3.76. The van der Waals surface area contributed by atoms with Crippen molar-refractivity contribution in [2.75, 3.05) is 5.32 Å². The number of aromatic nitrogens is 2. The number of anilines is 1. The minimum absolute atomic E-state index is 0.118. The van der Waals surface area contributed by atoms with E-state index >= 15 is 0 Å². The van der Waals surface area contributed by atoms with Gasteiger partial charge in [0.05, 0.1) is 11.4 Å². The third-order valence-corrected chi connectivity index (χ3v) is 5.34. The fourth-order valence-electron chi connectivity index (χ4n) is 2.96. The SMILES string of the molecule is Cc1cccc(OCc2csc(C(=O)Nc3cccc(Cn4cccn4)c3)c2)c1. The van der Waals surface area contributed by atoms with Crippen LogP contribution in [0.4, 0.5) is 5.69 Å². The van der Waals surface area contributed by atoms with Crippen LogP contribution in [0, 0.1) is 6.92 Å². The summed E-state index contributed by atoms with van der Waals surface area (Å²) in [5, 5.41) is 9.15. The van der Waals surface area contributed by atoms with Crippen molar-refractivity contribution in [3.05, 3.63) is 100 Å². The summed E-state index contributed by atoms with van der Waals surface area (Å²) in [6, 6.07) is 19.5. The first-order chi connectivity index (χ1) is 14.2. The van der Waals surface area contributed by atoms with Crippen LogP contribution in [-0.2, 0) is 13.2 Å². The van der Waals surface area contributed by atoms with Crippen LogP contribution in [0.3, 0.4) is 0 Å². The first kappa shape index (κ1) is 19.0. The fraction of sp³-hybridized carbons (Fsp3) is 0.130. The summed E-state index contributed by atoms with van der Waals surface area (Å²) in [5.74, 6) is 0.712. The zero-order chi connectivity index (χ0) is 20.1. The summed E-state index contributed by atoms with van der Waals surface area (Å²) in [6.45, 7) is 3.13. The van der Waals surface area contributed by atoms with Crippen LogP contribution < -0.4 is 10.1 Å². The minimum atomic E-state index is -0.118. The van der Waals surface area contributed by atoms with Crippen LogP contribution in [-0.4, -0.2) is 15.7 Å². The second-order valence-corrected chi connectivity index (χ2v) is 7.69. The molecule has 0 radical (unpaired) electrons. The smallest absolute Gasteiger partial charge is 0.265 e. The Kier molecular flexibility index (Phi) is 5.72. The maximum atomic E-state index is 12.6. The van der Waals surface area contributed by atoms with Crippen LogP contribution in [0.1, 0.15) is 26.4 Å². The summed E-state index contributed by atoms with van der Waals surface area (Å²) in [5.41, 5.74) is 3.98. The summed E-state index contributed by atoms with van der Waals surface area (Å²) < 4.78 is 7.66. The monoisotopic (exact) mass is 403 g/mol. The topological polar surface area (TPSA) is 56.1 Å². The summed E-state index contributed by atoms with van der Waals surface area (Å²) in [7, 11) is 0. The van der Waals surface area contributed by atoms with E-state index < -0.39 is 0 Å². The van der Waals surface area contributed by atoms with Gasteiger partial charge in [0, 0.05) is 23.6 Å². The van der Waals surface area contributed by atoms with E-state index in [4.69, 9.17) is 4.74 Å². The van der Waals surface area contributed by atoms with Gasteiger partial charge in [-0.3, -0.25) is 9.48 Å². The van der Waals surface area contributed by atoms with Crippen molar-refractivity contribution in [1.29, 1.82) is 0 Å². The quantitative estimate of drug-likeness (QED) is 0.465. The van der Waals surface area contributed by atoms with Crippen molar-refractivity contribution in [2.24, 2.45) is 0 Å². The van der Waals surface area contributed by atoms with E-state index in [1.165, 1.54) is 11.3 Å².